The quantitative estimate of drug-likeness (QED) is 0.617. The molecule has 0 spiro atoms. The van der Waals surface area contributed by atoms with Gasteiger partial charge in [0, 0.05) is 0 Å². The molecule has 1 rings (SSSR count). The lowest BCUT2D eigenvalue weighted by molar-refractivity contribution is -0.141. The minimum absolute atomic E-state index is 0.549. The fourth-order valence-electron chi connectivity index (χ4n) is 0.701. The van der Waals surface area contributed by atoms with Gasteiger partial charge in [0.25, 0.3) is 0 Å². The molecule has 8 heavy (non-hydrogen) atoms. The fraction of sp³-hybridized carbons (Fsp3) is 0.800. The van der Waals surface area contributed by atoms with Gasteiger partial charge in [-0.05, 0) is 19.3 Å². The number of alkyl halides is 1. The van der Waals surface area contributed by atoms with Crippen LogP contribution in [0.2, 0.25) is 0 Å². The first-order chi connectivity index (χ1) is 3.65. The normalized spacial score (nSPS) is 24.1. The highest BCUT2D eigenvalue weighted by atomic mass is 79.9. The maximum absolute atomic E-state index is 10.3. The monoisotopic (exact) mass is 178 g/mol. The average molecular weight is 179 g/mol. The first kappa shape index (κ1) is 6.08. The summed E-state index contributed by atoms with van der Waals surface area (Å²) in [6, 6.07) is 0. The molecule has 0 bridgehead atoms. The van der Waals surface area contributed by atoms with E-state index in [1.165, 1.54) is 0 Å². The molecule has 0 saturated heterocycles. The third kappa shape index (κ3) is 0.749. The molecule has 0 heterocycles. The predicted octanol–water partition coefficient (Wildman–Crippen LogP) is 1.39. The lowest BCUT2D eigenvalue weighted by atomic mass is 9.85. The van der Waals surface area contributed by atoms with Gasteiger partial charge < -0.3 is 5.11 Å². The van der Waals surface area contributed by atoms with E-state index in [2.05, 4.69) is 15.9 Å². The number of carboxylic acid groups (broad SMARTS) is 1. The molecule has 3 heteroatoms. The van der Waals surface area contributed by atoms with Gasteiger partial charge >= 0.3 is 5.97 Å². The minimum Gasteiger partial charge on any atom is -0.480 e. The molecule has 0 aromatic carbocycles. The van der Waals surface area contributed by atoms with E-state index in [-0.39, 0.29) is 0 Å². The van der Waals surface area contributed by atoms with Crippen LogP contribution in [0.3, 0.4) is 0 Å². The molecule has 0 atom stereocenters. The topological polar surface area (TPSA) is 37.3 Å². The van der Waals surface area contributed by atoms with Crippen LogP contribution in [-0.4, -0.2) is 15.4 Å². The Kier molecular flexibility index (Phi) is 1.31. The van der Waals surface area contributed by atoms with Crippen LogP contribution >= 0.6 is 15.9 Å². The number of carboxylic acids is 1. The zero-order chi connectivity index (χ0) is 6.20. The molecule has 1 aliphatic carbocycles. The zero-order valence-electron chi connectivity index (χ0n) is 4.35. The Morgan fingerprint density at radius 2 is 2.12 bits per heavy atom. The molecule has 1 aliphatic rings. The molecule has 46 valence electrons. The van der Waals surface area contributed by atoms with Crippen molar-refractivity contribution in [2.45, 2.75) is 23.6 Å². The van der Waals surface area contributed by atoms with Gasteiger partial charge in [0.15, 0.2) is 0 Å². The highest BCUT2D eigenvalue weighted by Gasteiger charge is 2.41. The molecule has 1 saturated carbocycles. The summed E-state index contributed by atoms with van der Waals surface area (Å²) >= 11 is 3.13. The Hall–Kier alpha value is -0.0500. The third-order valence-electron chi connectivity index (χ3n) is 1.53. The van der Waals surface area contributed by atoms with Gasteiger partial charge in [-0.1, -0.05) is 15.9 Å². The van der Waals surface area contributed by atoms with Gasteiger partial charge in [0.05, 0.1) is 0 Å². The van der Waals surface area contributed by atoms with Gasteiger partial charge in [-0.3, -0.25) is 4.79 Å². The molecule has 0 aliphatic heterocycles. The van der Waals surface area contributed by atoms with Gasteiger partial charge in [0.1, 0.15) is 4.32 Å². The SMILES string of the molecule is O=C(O)C1(Br)CCC1. The summed E-state index contributed by atoms with van der Waals surface area (Å²) in [5, 5.41) is 8.45. The molecule has 0 aromatic rings. The Labute approximate surface area is 56.0 Å². The maximum atomic E-state index is 10.3. The van der Waals surface area contributed by atoms with Crippen LogP contribution in [0.15, 0.2) is 0 Å². The molecule has 2 nitrogen and oxygen atoms in total. The summed E-state index contributed by atoms with van der Waals surface area (Å²) < 4.78 is -0.549. The van der Waals surface area contributed by atoms with Crippen molar-refractivity contribution in [3.63, 3.8) is 0 Å². The molecule has 1 fully saturated rings. The molecular formula is C5H7BrO2. The summed E-state index contributed by atoms with van der Waals surface area (Å²) in [5.74, 6) is -0.719. The largest absolute Gasteiger partial charge is 0.480 e. The number of aliphatic carboxylic acids is 1. The second-order valence-corrected chi connectivity index (χ2v) is 3.64. The van der Waals surface area contributed by atoms with Crippen molar-refractivity contribution in [2.24, 2.45) is 0 Å². The zero-order valence-corrected chi connectivity index (χ0v) is 5.94. The minimum atomic E-state index is -0.719. The van der Waals surface area contributed by atoms with Gasteiger partial charge in [-0.2, -0.15) is 0 Å². The van der Waals surface area contributed by atoms with Crippen LogP contribution in [0.1, 0.15) is 19.3 Å². The van der Waals surface area contributed by atoms with E-state index in [1.807, 2.05) is 0 Å². The second kappa shape index (κ2) is 1.72. The number of hydrogen-bond donors (Lipinski definition) is 1. The van der Waals surface area contributed by atoms with Crippen LogP contribution in [0, 0.1) is 0 Å². The Morgan fingerprint density at radius 1 is 1.62 bits per heavy atom. The van der Waals surface area contributed by atoms with Crippen molar-refractivity contribution in [3.8, 4) is 0 Å². The number of rotatable bonds is 1. The number of carbonyl (C=O) groups is 1. The van der Waals surface area contributed by atoms with Crippen LogP contribution in [0.4, 0.5) is 0 Å². The Morgan fingerprint density at radius 3 is 2.12 bits per heavy atom. The Balaban J connectivity index is 2.53. The van der Waals surface area contributed by atoms with E-state index in [4.69, 9.17) is 5.11 Å². The summed E-state index contributed by atoms with van der Waals surface area (Å²) in [6.07, 6.45) is 2.60. The third-order valence-corrected chi connectivity index (χ3v) is 2.66. The summed E-state index contributed by atoms with van der Waals surface area (Å²) in [4.78, 5) is 10.3. The summed E-state index contributed by atoms with van der Waals surface area (Å²) in [6.45, 7) is 0. The average Bonchev–Trinajstić information content (AvgIpc) is 1.60. The lowest BCUT2D eigenvalue weighted by Crippen LogP contribution is -2.38. The van der Waals surface area contributed by atoms with Crippen molar-refractivity contribution < 1.29 is 9.90 Å². The smallest absolute Gasteiger partial charge is 0.320 e. The van der Waals surface area contributed by atoms with Crippen LogP contribution < -0.4 is 0 Å². The first-order valence-electron chi connectivity index (χ1n) is 2.57. The van der Waals surface area contributed by atoms with Crippen molar-refractivity contribution in [1.29, 1.82) is 0 Å². The van der Waals surface area contributed by atoms with Gasteiger partial charge in [-0.25, -0.2) is 0 Å². The molecule has 0 radical (unpaired) electrons. The summed E-state index contributed by atoms with van der Waals surface area (Å²) in [7, 11) is 0. The van der Waals surface area contributed by atoms with E-state index in [0.717, 1.165) is 19.3 Å². The van der Waals surface area contributed by atoms with E-state index >= 15 is 0 Å². The van der Waals surface area contributed by atoms with E-state index in [1.54, 1.807) is 0 Å². The lowest BCUT2D eigenvalue weighted by Gasteiger charge is -2.30. The van der Waals surface area contributed by atoms with Crippen molar-refractivity contribution in [1.82, 2.24) is 0 Å². The van der Waals surface area contributed by atoms with Crippen molar-refractivity contribution in [2.75, 3.05) is 0 Å². The highest BCUT2D eigenvalue weighted by Crippen LogP contribution is 2.39. The number of halogens is 1. The van der Waals surface area contributed by atoms with Gasteiger partial charge in [-0.15, -0.1) is 0 Å². The standard InChI is InChI=1S/C5H7BrO2/c6-5(4(7)8)2-1-3-5/h1-3H2,(H,7,8). The molecule has 0 amide bonds. The molecule has 0 unspecified atom stereocenters. The first-order valence-corrected chi connectivity index (χ1v) is 3.37. The van der Waals surface area contributed by atoms with Crippen LogP contribution in [-0.2, 0) is 4.79 Å². The van der Waals surface area contributed by atoms with Crippen molar-refractivity contribution in [3.05, 3.63) is 0 Å². The van der Waals surface area contributed by atoms with Gasteiger partial charge in [0.2, 0.25) is 0 Å². The predicted molar refractivity (Wildman–Crippen MR) is 33.1 cm³/mol. The maximum Gasteiger partial charge on any atom is 0.320 e. The van der Waals surface area contributed by atoms with Crippen LogP contribution in [0.25, 0.3) is 0 Å². The van der Waals surface area contributed by atoms with E-state index in [9.17, 15) is 4.79 Å². The van der Waals surface area contributed by atoms with E-state index < -0.39 is 10.3 Å². The molecular weight excluding hydrogens is 172 g/mol. The molecule has 0 aromatic heterocycles. The summed E-state index contributed by atoms with van der Waals surface area (Å²) in [5.41, 5.74) is 0. The highest BCUT2D eigenvalue weighted by molar-refractivity contribution is 9.10. The molecule has 1 N–H and O–H groups in total. The van der Waals surface area contributed by atoms with Crippen LogP contribution in [0.5, 0.6) is 0 Å². The number of hydrogen-bond acceptors (Lipinski definition) is 1. The van der Waals surface area contributed by atoms with E-state index in [0.29, 0.717) is 0 Å². The fourth-order valence-corrected chi connectivity index (χ4v) is 1.26. The second-order valence-electron chi connectivity index (χ2n) is 2.12. The van der Waals surface area contributed by atoms with Crippen molar-refractivity contribution >= 4 is 21.9 Å². The Bertz CT molecular complexity index is 118.